The summed E-state index contributed by atoms with van der Waals surface area (Å²) >= 11 is 0. The number of ether oxygens (including phenoxy) is 4. The highest BCUT2D eigenvalue weighted by Gasteiger charge is 2.35. The number of Topliss-reactive ketones (excluding diaryl/α,β-unsaturated/α-hetero) is 1. The first-order chi connectivity index (χ1) is 22.9. The van der Waals surface area contributed by atoms with Crippen LogP contribution in [0.4, 0.5) is 0 Å². The average molecular weight is 670 g/mol. The van der Waals surface area contributed by atoms with Gasteiger partial charge in [0.25, 0.3) is 0 Å². The van der Waals surface area contributed by atoms with E-state index in [0.29, 0.717) is 78.5 Å². The van der Waals surface area contributed by atoms with Crippen LogP contribution in [0.15, 0.2) is 0 Å². The Morgan fingerprint density at radius 3 is 1.94 bits per heavy atom. The maximum atomic E-state index is 13.4. The number of carbonyl (C=O) groups is 4. The lowest BCUT2D eigenvalue weighted by Gasteiger charge is -2.25. The van der Waals surface area contributed by atoms with E-state index in [4.69, 9.17) is 24.7 Å². The highest BCUT2D eigenvalue weighted by Crippen LogP contribution is 2.24. The largest absolute Gasteiger partial charge is 0.469 e. The molecule has 1 aliphatic rings. The van der Waals surface area contributed by atoms with Crippen molar-refractivity contribution in [2.45, 2.75) is 135 Å². The first-order valence-electron chi connectivity index (χ1n) is 18.5. The lowest BCUT2D eigenvalue weighted by molar-refractivity contribution is -0.141. The van der Waals surface area contributed by atoms with Crippen LogP contribution in [0.2, 0.25) is 0 Å². The molecule has 11 heteroatoms. The van der Waals surface area contributed by atoms with Crippen molar-refractivity contribution in [3.05, 3.63) is 0 Å². The van der Waals surface area contributed by atoms with Crippen LogP contribution in [0.25, 0.3) is 0 Å². The number of likely N-dealkylation sites (tertiary alicyclic amines) is 1. The molecule has 2 unspecified atom stereocenters. The highest BCUT2D eigenvalue weighted by atomic mass is 16.5. The summed E-state index contributed by atoms with van der Waals surface area (Å²) in [6.45, 7) is 6.87. The van der Waals surface area contributed by atoms with E-state index in [9.17, 15) is 19.2 Å². The fraction of sp³-hybridized carbons (Fsp3) is 0.889. The maximum absolute atomic E-state index is 13.4. The minimum atomic E-state index is -0.660. The molecule has 3 N–H and O–H groups in total. The molecule has 1 fully saturated rings. The first-order valence-corrected chi connectivity index (χ1v) is 18.5. The van der Waals surface area contributed by atoms with Gasteiger partial charge in [-0.25, -0.2) is 0 Å². The Labute approximate surface area is 284 Å². The fourth-order valence-electron chi connectivity index (χ4n) is 5.84. The Bertz CT molecular complexity index is 828. The molecule has 0 bridgehead atoms. The minimum absolute atomic E-state index is 0.000502. The standard InChI is InChI=1S/C36H67N3O8/c1-3-4-5-6-7-8-9-10-11-12-13-18-34(41)39-23-14-17-32(39)33(40)30-31(19-20-35(42)44-2)36(43)38-22-16-25-46-27-29-47-28-26-45-24-15-21-37/h31-32H,3-30,37H2,1-2H3,(H,38,43). The van der Waals surface area contributed by atoms with Gasteiger partial charge in [-0.1, -0.05) is 71.1 Å². The SMILES string of the molecule is CCCCCCCCCCCCCC(=O)N1CCCC1C(=O)CC(CCC(=O)OC)C(=O)NCCCOCCOCCOCCCN. The molecule has 0 radical (unpaired) electrons. The van der Waals surface area contributed by atoms with Crippen molar-refractivity contribution < 1.29 is 38.1 Å². The third-order valence-electron chi connectivity index (χ3n) is 8.68. The predicted octanol–water partition coefficient (Wildman–Crippen LogP) is 5.11. The van der Waals surface area contributed by atoms with Gasteiger partial charge in [0.15, 0.2) is 5.78 Å². The third kappa shape index (κ3) is 22.2. The number of carbonyl (C=O) groups excluding carboxylic acids is 4. The van der Waals surface area contributed by atoms with Crippen molar-refractivity contribution in [2.24, 2.45) is 11.7 Å². The lowest BCUT2D eigenvalue weighted by atomic mass is 9.92. The molecule has 1 aliphatic heterocycles. The number of rotatable bonds is 32. The number of nitrogens with two attached hydrogens (primary N) is 1. The van der Waals surface area contributed by atoms with E-state index >= 15 is 0 Å². The van der Waals surface area contributed by atoms with E-state index in [-0.39, 0.29) is 36.9 Å². The average Bonchev–Trinajstić information content (AvgIpc) is 3.58. The third-order valence-corrected chi connectivity index (χ3v) is 8.68. The summed E-state index contributed by atoms with van der Waals surface area (Å²) in [5.41, 5.74) is 5.42. The van der Waals surface area contributed by atoms with Crippen LogP contribution in [-0.2, 0) is 38.1 Å². The van der Waals surface area contributed by atoms with Crippen molar-refractivity contribution in [2.75, 3.05) is 66.4 Å². The van der Waals surface area contributed by atoms with Crippen molar-refractivity contribution in [1.29, 1.82) is 0 Å². The number of hydrogen-bond donors (Lipinski definition) is 2. The van der Waals surface area contributed by atoms with Crippen LogP contribution in [0.1, 0.15) is 129 Å². The molecule has 274 valence electrons. The van der Waals surface area contributed by atoms with Gasteiger partial charge in [0.2, 0.25) is 11.8 Å². The normalized spacial score (nSPS) is 15.1. The Morgan fingerprint density at radius 1 is 0.766 bits per heavy atom. The van der Waals surface area contributed by atoms with Crippen LogP contribution >= 0.6 is 0 Å². The van der Waals surface area contributed by atoms with Gasteiger partial charge in [-0.2, -0.15) is 0 Å². The molecule has 1 rings (SSSR count). The van der Waals surface area contributed by atoms with E-state index in [0.717, 1.165) is 32.1 Å². The van der Waals surface area contributed by atoms with Crippen LogP contribution < -0.4 is 11.1 Å². The van der Waals surface area contributed by atoms with Gasteiger partial charge in [-0.3, -0.25) is 19.2 Å². The molecule has 1 heterocycles. The molecule has 0 saturated carbocycles. The lowest BCUT2D eigenvalue weighted by Crippen LogP contribution is -2.42. The van der Waals surface area contributed by atoms with Crippen LogP contribution in [0.3, 0.4) is 0 Å². The molecule has 1 saturated heterocycles. The molecule has 11 nitrogen and oxygen atoms in total. The quantitative estimate of drug-likeness (QED) is 0.0737. The second kappa shape index (κ2) is 30.0. The maximum Gasteiger partial charge on any atom is 0.305 e. The van der Waals surface area contributed by atoms with Gasteiger partial charge in [0, 0.05) is 51.5 Å². The van der Waals surface area contributed by atoms with E-state index in [1.807, 2.05) is 0 Å². The number of nitrogens with one attached hydrogen (secondary N) is 1. The summed E-state index contributed by atoms with van der Waals surface area (Å²) in [5, 5.41) is 2.89. The molecular formula is C36H67N3O8. The van der Waals surface area contributed by atoms with Crippen molar-refractivity contribution in [3.63, 3.8) is 0 Å². The number of methoxy groups -OCH3 is 1. The van der Waals surface area contributed by atoms with Crippen molar-refractivity contribution in [3.8, 4) is 0 Å². The van der Waals surface area contributed by atoms with Crippen LogP contribution in [0, 0.1) is 5.92 Å². The van der Waals surface area contributed by atoms with Gasteiger partial charge in [-0.05, 0) is 45.1 Å². The van der Waals surface area contributed by atoms with E-state index < -0.39 is 17.9 Å². The number of hydrogen-bond acceptors (Lipinski definition) is 9. The molecule has 2 amide bonds. The zero-order valence-corrected chi connectivity index (χ0v) is 29.7. The van der Waals surface area contributed by atoms with Crippen LogP contribution in [-0.4, -0.2) is 101 Å². The van der Waals surface area contributed by atoms with Gasteiger partial charge >= 0.3 is 5.97 Å². The number of esters is 1. The highest BCUT2D eigenvalue weighted by molar-refractivity contribution is 5.93. The van der Waals surface area contributed by atoms with E-state index in [2.05, 4.69) is 12.2 Å². The molecule has 2 atom stereocenters. The summed E-state index contributed by atoms with van der Waals surface area (Å²) in [6.07, 6.45) is 17.0. The van der Waals surface area contributed by atoms with E-state index in [1.165, 1.54) is 58.5 Å². The molecule has 47 heavy (non-hydrogen) atoms. The monoisotopic (exact) mass is 669 g/mol. The predicted molar refractivity (Wildman–Crippen MR) is 184 cm³/mol. The summed E-state index contributed by atoms with van der Waals surface area (Å²) < 4.78 is 21.2. The molecule has 0 aromatic rings. The van der Waals surface area contributed by atoms with Gasteiger partial charge < -0.3 is 34.9 Å². The Balaban J connectivity index is 2.36. The van der Waals surface area contributed by atoms with Crippen molar-refractivity contribution >= 4 is 23.6 Å². The molecule has 0 spiro atoms. The second-order valence-corrected chi connectivity index (χ2v) is 12.6. The van der Waals surface area contributed by atoms with Gasteiger partial charge in [0.1, 0.15) is 0 Å². The number of amides is 2. The summed E-state index contributed by atoms with van der Waals surface area (Å²) in [7, 11) is 1.31. The molecule has 0 aromatic heterocycles. The summed E-state index contributed by atoms with van der Waals surface area (Å²) in [4.78, 5) is 53.1. The summed E-state index contributed by atoms with van der Waals surface area (Å²) in [5.74, 6) is -1.41. The molecular weight excluding hydrogens is 602 g/mol. The van der Waals surface area contributed by atoms with Gasteiger partial charge in [-0.15, -0.1) is 0 Å². The zero-order valence-electron chi connectivity index (χ0n) is 29.7. The second-order valence-electron chi connectivity index (χ2n) is 12.6. The van der Waals surface area contributed by atoms with Gasteiger partial charge in [0.05, 0.1) is 39.6 Å². The molecule has 0 aliphatic carbocycles. The number of unbranched alkanes of at least 4 members (excludes halogenated alkanes) is 10. The Kier molecular flexibility index (Phi) is 27.4. The Morgan fingerprint density at radius 2 is 1.34 bits per heavy atom. The number of ketones is 1. The fourth-order valence-corrected chi connectivity index (χ4v) is 5.84. The van der Waals surface area contributed by atoms with Crippen molar-refractivity contribution in [1.82, 2.24) is 10.2 Å². The number of nitrogens with zero attached hydrogens (tertiary/aromatic N) is 1. The zero-order chi connectivity index (χ0) is 34.4. The van der Waals surface area contributed by atoms with Crippen LogP contribution in [0.5, 0.6) is 0 Å². The smallest absolute Gasteiger partial charge is 0.305 e. The minimum Gasteiger partial charge on any atom is -0.469 e. The summed E-state index contributed by atoms with van der Waals surface area (Å²) in [6, 6.07) is -0.489. The topological polar surface area (TPSA) is 146 Å². The molecule has 0 aromatic carbocycles. The van der Waals surface area contributed by atoms with E-state index in [1.54, 1.807) is 4.90 Å². The first kappa shape index (κ1) is 42.9. The Hall–Kier alpha value is -2.08.